The van der Waals surface area contributed by atoms with E-state index >= 15 is 0 Å². The van der Waals surface area contributed by atoms with Gasteiger partial charge in [0.15, 0.2) is 0 Å². The third-order valence-electron chi connectivity index (χ3n) is 6.30. The average molecular weight is 476 g/mol. The van der Waals surface area contributed by atoms with E-state index in [-0.39, 0.29) is 43.1 Å². The van der Waals surface area contributed by atoms with Gasteiger partial charge in [0.1, 0.15) is 6.04 Å². The Hall–Kier alpha value is -3.94. The molecule has 2 aliphatic rings. The van der Waals surface area contributed by atoms with Crippen LogP contribution in [0, 0.1) is 5.41 Å². The molecule has 8 heteroatoms. The molecule has 35 heavy (non-hydrogen) atoms. The average Bonchev–Trinajstić information content (AvgIpc) is 3.17. The summed E-state index contributed by atoms with van der Waals surface area (Å²) >= 11 is 0. The van der Waals surface area contributed by atoms with Gasteiger partial charge in [0, 0.05) is 19.0 Å². The van der Waals surface area contributed by atoms with Crippen LogP contribution < -0.4 is 10.6 Å². The molecule has 1 saturated heterocycles. The van der Waals surface area contributed by atoms with E-state index in [2.05, 4.69) is 10.6 Å². The molecule has 0 saturated carbocycles. The van der Waals surface area contributed by atoms with Gasteiger partial charge < -0.3 is 20.6 Å². The number of carbonyl (C=O) groups is 4. The van der Waals surface area contributed by atoms with E-state index in [4.69, 9.17) is 5.11 Å². The Morgan fingerprint density at radius 2 is 1.80 bits per heavy atom. The SMILES string of the molecule is CC(C)(CC(=O)O)CC(=O)N[C@H]1C[C@H]2C(=O)Nc3ccc(/C=C/c4ccccc4)cc3C(=O)N2C1. The maximum Gasteiger partial charge on any atom is 0.303 e. The van der Waals surface area contributed by atoms with Crippen LogP contribution in [0.3, 0.4) is 0 Å². The van der Waals surface area contributed by atoms with Crippen molar-refractivity contribution < 1.29 is 24.3 Å². The van der Waals surface area contributed by atoms with Crippen molar-refractivity contribution in [2.24, 2.45) is 5.41 Å². The molecule has 4 rings (SSSR count). The van der Waals surface area contributed by atoms with Gasteiger partial charge in [-0.05, 0) is 35.1 Å². The quantitative estimate of drug-likeness (QED) is 0.531. The van der Waals surface area contributed by atoms with Crippen LogP contribution in [-0.4, -0.2) is 52.3 Å². The molecule has 0 bridgehead atoms. The standard InChI is InChI=1S/C27H29N3O5/c1-27(2,15-24(32)33)14-23(31)28-19-13-22-25(34)29-21-11-10-18(9-8-17-6-4-3-5-7-17)12-20(21)26(35)30(22)16-19/h3-12,19,22H,13-16H2,1-2H3,(H,28,31)(H,29,34)(H,32,33)/b9-8+/t19-,22-/m0/s1. The maximum atomic E-state index is 13.4. The number of hydrogen-bond acceptors (Lipinski definition) is 4. The predicted molar refractivity (Wildman–Crippen MR) is 132 cm³/mol. The zero-order valence-corrected chi connectivity index (χ0v) is 19.8. The van der Waals surface area contributed by atoms with Crippen LogP contribution >= 0.6 is 0 Å². The lowest BCUT2D eigenvalue weighted by Crippen LogP contribution is -2.41. The van der Waals surface area contributed by atoms with Crippen molar-refractivity contribution >= 4 is 41.5 Å². The zero-order valence-electron chi connectivity index (χ0n) is 19.8. The van der Waals surface area contributed by atoms with Crippen LogP contribution in [0.4, 0.5) is 5.69 Å². The van der Waals surface area contributed by atoms with Crippen molar-refractivity contribution in [3.8, 4) is 0 Å². The minimum Gasteiger partial charge on any atom is -0.481 e. The smallest absolute Gasteiger partial charge is 0.303 e. The topological polar surface area (TPSA) is 116 Å². The normalized spacial score (nSPS) is 19.7. The Morgan fingerprint density at radius 1 is 1.09 bits per heavy atom. The van der Waals surface area contributed by atoms with Crippen LogP contribution in [0.1, 0.15) is 54.6 Å². The van der Waals surface area contributed by atoms with E-state index in [1.165, 1.54) is 4.90 Å². The molecule has 182 valence electrons. The number of carboxylic acid groups (broad SMARTS) is 1. The van der Waals surface area contributed by atoms with Crippen LogP contribution in [0.2, 0.25) is 0 Å². The Bertz CT molecular complexity index is 1190. The first-order valence-electron chi connectivity index (χ1n) is 11.6. The number of nitrogens with one attached hydrogen (secondary N) is 2. The number of fused-ring (bicyclic) bond motifs is 2. The lowest BCUT2D eigenvalue weighted by Gasteiger charge is -2.23. The lowest BCUT2D eigenvalue weighted by molar-refractivity contribution is -0.139. The molecule has 0 spiro atoms. The molecule has 1 fully saturated rings. The highest BCUT2D eigenvalue weighted by Crippen LogP contribution is 2.31. The molecule has 2 atom stereocenters. The van der Waals surface area contributed by atoms with Crippen molar-refractivity contribution in [1.29, 1.82) is 0 Å². The minimum absolute atomic E-state index is 0.0422. The summed E-state index contributed by atoms with van der Waals surface area (Å²) < 4.78 is 0. The van der Waals surface area contributed by atoms with E-state index < -0.39 is 17.4 Å². The number of amides is 3. The molecule has 2 aliphatic heterocycles. The van der Waals surface area contributed by atoms with Gasteiger partial charge in [0.2, 0.25) is 11.8 Å². The van der Waals surface area contributed by atoms with E-state index in [0.717, 1.165) is 11.1 Å². The van der Waals surface area contributed by atoms with Crippen molar-refractivity contribution in [1.82, 2.24) is 10.2 Å². The second kappa shape index (κ2) is 9.74. The third kappa shape index (κ3) is 5.77. The van der Waals surface area contributed by atoms with Gasteiger partial charge in [-0.3, -0.25) is 19.2 Å². The molecule has 0 radical (unpaired) electrons. The molecule has 0 aromatic heterocycles. The number of anilines is 1. The molecule has 0 unspecified atom stereocenters. The number of benzene rings is 2. The van der Waals surface area contributed by atoms with E-state index in [1.54, 1.807) is 26.0 Å². The number of carbonyl (C=O) groups excluding carboxylic acids is 3. The first-order valence-corrected chi connectivity index (χ1v) is 11.6. The molecular weight excluding hydrogens is 446 g/mol. The van der Waals surface area contributed by atoms with Crippen molar-refractivity contribution in [3.05, 3.63) is 65.2 Å². The van der Waals surface area contributed by atoms with Crippen LogP contribution in [0.25, 0.3) is 12.2 Å². The van der Waals surface area contributed by atoms with E-state index in [0.29, 0.717) is 17.7 Å². The Balaban J connectivity index is 1.47. The highest BCUT2D eigenvalue weighted by Gasteiger charge is 2.43. The summed E-state index contributed by atoms with van der Waals surface area (Å²) in [6.45, 7) is 3.66. The highest BCUT2D eigenvalue weighted by atomic mass is 16.4. The number of aliphatic carboxylic acids is 1. The summed E-state index contributed by atoms with van der Waals surface area (Å²) in [5.41, 5.74) is 2.05. The van der Waals surface area contributed by atoms with E-state index in [9.17, 15) is 19.2 Å². The maximum absolute atomic E-state index is 13.4. The molecular formula is C27H29N3O5. The first kappa shape index (κ1) is 24.2. The summed E-state index contributed by atoms with van der Waals surface area (Å²) in [5.74, 6) is -1.80. The fraction of sp³-hybridized carbons (Fsp3) is 0.333. The minimum atomic E-state index is -0.962. The van der Waals surface area contributed by atoms with Crippen LogP contribution in [0.5, 0.6) is 0 Å². The van der Waals surface area contributed by atoms with Gasteiger partial charge in [-0.2, -0.15) is 0 Å². The summed E-state index contributed by atoms with van der Waals surface area (Å²) in [4.78, 5) is 51.4. The fourth-order valence-corrected chi connectivity index (χ4v) is 4.68. The predicted octanol–water partition coefficient (Wildman–Crippen LogP) is 3.40. The van der Waals surface area contributed by atoms with Gasteiger partial charge >= 0.3 is 5.97 Å². The molecule has 3 N–H and O–H groups in total. The molecule has 0 aliphatic carbocycles. The number of rotatable bonds is 7. The summed E-state index contributed by atoms with van der Waals surface area (Å²) in [7, 11) is 0. The lowest BCUT2D eigenvalue weighted by atomic mass is 9.85. The van der Waals surface area contributed by atoms with Gasteiger partial charge in [0.25, 0.3) is 5.91 Å². The fourth-order valence-electron chi connectivity index (χ4n) is 4.68. The summed E-state index contributed by atoms with van der Waals surface area (Å²) in [6.07, 6.45) is 4.09. The Morgan fingerprint density at radius 3 is 2.51 bits per heavy atom. The van der Waals surface area contributed by atoms with Gasteiger partial charge in [-0.15, -0.1) is 0 Å². The molecule has 8 nitrogen and oxygen atoms in total. The zero-order chi connectivity index (χ0) is 25.2. The second-order valence-corrected chi connectivity index (χ2v) is 9.92. The first-order chi connectivity index (χ1) is 16.6. The second-order valence-electron chi connectivity index (χ2n) is 9.92. The van der Waals surface area contributed by atoms with Gasteiger partial charge in [0.05, 0.1) is 17.7 Å². The molecule has 2 aromatic rings. The molecule has 2 aromatic carbocycles. The van der Waals surface area contributed by atoms with Gasteiger partial charge in [-0.25, -0.2) is 0 Å². The number of carboxylic acids is 1. The van der Waals surface area contributed by atoms with Crippen molar-refractivity contribution in [3.63, 3.8) is 0 Å². The Kier molecular flexibility index (Phi) is 6.73. The third-order valence-corrected chi connectivity index (χ3v) is 6.30. The van der Waals surface area contributed by atoms with Gasteiger partial charge in [-0.1, -0.05) is 62.4 Å². The number of hydrogen-bond donors (Lipinski definition) is 3. The molecule has 3 amide bonds. The van der Waals surface area contributed by atoms with Crippen LogP contribution in [0.15, 0.2) is 48.5 Å². The number of nitrogens with zero attached hydrogens (tertiary/aromatic N) is 1. The van der Waals surface area contributed by atoms with Crippen molar-refractivity contribution in [2.45, 2.75) is 45.2 Å². The van der Waals surface area contributed by atoms with Crippen LogP contribution in [-0.2, 0) is 14.4 Å². The van der Waals surface area contributed by atoms with Crippen molar-refractivity contribution in [2.75, 3.05) is 11.9 Å². The monoisotopic (exact) mass is 475 g/mol. The largest absolute Gasteiger partial charge is 0.481 e. The highest BCUT2D eigenvalue weighted by molar-refractivity contribution is 6.10. The summed E-state index contributed by atoms with van der Waals surface area (Å²) in [6, 6.07) is 14.1. The summed E-state index contributed by atoms with van der Waals surface area (Å²) in [5, 5.41) is 14.8. The Labute approximate surface area is 204 Å². The molecule has 2 heterocycles. The van der Waals surface area contributed by atoms with E-state index in [1.807, 2.05) is 48.6 Å².